The number of hydrogen-bond acceptors (Lipinski definition) is 0. The molecule has 2 rings (SSSR count). The van der Waals surface area contributed by atoms with Gasteiger partial charge in [-0.05, 0) is 0 Å². The summed E-state index contributed by atoms with van der Waals surface area (Å²) in [7, 11) is 0. The Morgan fingerprint density at radius 1 is 0.429 bits per heavy atom. The van der Waals surface area contributed by atoms with Gasteiger partial charge in [0.15, 0.2) is 0 Å². The van der Waals surface area contributed by atoms with Crippen molar-refractivity contribution in [1.82, 2.24) is 0 Å². The second-order valence-corrected chi connectivity index (χ2v) is 6.25. The molecule has 2 aromatic carbocycles. The maximum atomic E-state index is 2.20. The van der Waals surface area contributed by atoms with Crippen LogP contribution in [0, 0.1) is 69.2 Å². The van der Waals surface area contributed by atoms with Gasteiger partial charge in [-0.15, -0.1) is 0 Å². The summed E-state index contributed by atoms with van der Waals surface area (Å²) >= 11 is 0. The molecule has 21 heavy (non-hydrogen) atoms. The number of rotatable bonds is 0. The third kappa shape index (κ3) is 3.75. The van der Waals surface area contributed by atoms with Crippen LogP contribution in [-0.2, 0) is 19.5 Å². The standard InChI is InChI=1S/2C10H15.Zn/c2*1-6-7(2)9(4)10(5)8(6)3;/h2*1-5H3;/q2*-1;+2. The Labute approximate surface area is 144 Å². The van der Waals surface area contributed by atoms with Crippen LogP contribution in [0.3, 0.4) is 0 Å². The first-order valence-corrected chi connectivity index (χ1v) is 7.50. The van der Waals surface area contributed by atoms with Crippen molar-refractivity contribution < 1.29 is 19.5 Å². The molecular formula is C20H30Zn. The molecule has 0 unspecified atom stereocenters. The summed E-state index contributed by atoms with van der Waals surface area (Å²) in [4.78, 5) is 0. The molecule has 112 valence electrons. The number of hydrogen-bond donors (Lipinski definition) is 0. The Hall–Kier alpha value is -0.677. The average molecular weight is 336 g/mol. The zero-order chi connectivity index (χ0) is 15.8. The molecule has 1 heteroatoms. The van der Waals surface area contributed by atoms with E-state index in [1.165, 1.54) is 55.6 Å². The molecule has 0 aliphatic rings. The minimum absolute atomic E-state index is 0. The summed E-state index contributed by atoms with van der Waals surface area (Å²) in [5.41, 5.74) is 14.7. The van der Waals surface area contributed by atoms with E-state index in [4.69, 9.17) is 0 Å². The smallest absolute Gasteiger partial charge is 0.196 e. The summed E-state index contributed by atoms with van der Waals surface area (Å²) in [6.07, 6.45) is 0. The fourth-order valence-electron chi connectivity index (χ4n) is 2.81. The maximum absolute atomic E-state index is 2.20. The molecule has 0 fully saturated rings. The second kappa shape index (κ2) is 7.55. The molecule has 0 saturated heterocycles. The fourth-order valence-corrected chi connectivity index (χ4v) is 2.81. The Morgan fingerprint density at radius 3 is 0.619 bits per heavy atom. The van der Waals surface area contributed by atoms with Crippen molar-refractivity contribution in [2.45, 2.75) is 69.2 Å². The minimum Gasteiger partial charge on any atom is -0.196 e. The van der Waals surface area contributed by atoms with Crippen LogP contribution in [0.15, 0.2) is 0 Å². The van der Waals surface area contributed by atoms with E-state index >= 15 is 0 Å². The van der Waals surface area contributed by atoms with Crippen molar-refractivity contribution in [1.29, 1.82) is 0 Å². The molecule has 0 aliphatic heterocycles. The van der Waals surface area contributed by atoms with Gasteiger partial charge in [0.1, 0.15) is 0 Å². The van der Waals surface area contributed by atoms with Crippen LogP contribution in [-0.4, -0.2) is 0 Å². The molecule has 0 atom stereocenters. The fraction of sp³-hybridized carbons (Fsp3) is 0.500. The van der Waals surface area contributed by atoms with Gasteiger partial charge in [0.2, 0.25) is 0 Å². The molecule has 0 saturated carbocycles. The van der Waals surface area contributed by atoms with Crippen LogP contribution in [0.1, 0.15) is 55.6 Å². The predicted octanol–water partition coefficient (Wildman–Crippen LogP) is 5.89. The molecule has 0 heterocycles. The van der Waals surface area contributed by atoms with Gasteiger partial charge >= 0.3 is 19.5 Å². The predicted molar refractivity (Wildman–Crippen MR) is 91.4 cm³/mol. The van der Waals surface area contributed by atoms with E-state index in [0.717, 1.165) is 0 Å². The van der Waals surface area contributed by atoms with Crippen LogP contribution in [0.4, 0.5) is 0 Å². The second-order valence-electron chi connectivity index (χ2n) is 6.25. The molecular weight excluding hydrogens is 306 g/mol. The first-order valence-electron chi connectivity index (χ1n) is 7.50. The molecule has 0 spiro atoms. The molecule has 2 aromatic rings. The first kappa shape index (κ1) is 20.3. The van der Waals surface area contributed by atoms with Crippen LogP contribution in [0.5, 0.6) is 0 Å². The summed E-state index contributed by atoms with van der Waals surface area (Å²) in [5, 5.41) is 0. The van der Waals surface area contributed by atoms with E-state index in [1.807, 2.05) is 0 Å². The molecule has 0 radical (unpaired) electrons. The van der Waals surface area contributed by atoms with Gasteiger partial charge in [-0.3, -0.25) is 0 Å². The molecule has 0 N–H and O–H groups in total. The van der Waals surface area contributed by atoms with E-state index in [0.29, 0.717) is 0 Å². The third-order valence-electron chi connectivity index (χ3n) is 5.62. The van der Waals surface area contributed by atoms with E-state index < -0.39 is 0 Å². The largest absolute Gasteiger partial charge is 2.00 e. The van der Waals surface area contributed by atoms with Gasteiger partial charge < -0.3 is 0 Å². The SMILES string of the molecule is Cc1c(C)c(C)[c-](C)c1C.Cc1c(C)c(C)[c-](C)c1C.[Zn+2]. The van der Waals surface area contributed by atoms with Crippen molar-refractivity contribution in [2.24, 2.45) is 0 Å². The van der Waals surface area contributed by atoms with Crippen molar-refractivity contribution >= 4 is 0 Å². The summed E-state index contributed by atoms with van der Waals surface area (Å²) < 4.78 is 0. The van der Waals surface area contributed by atoms with Crippen LogP contribution < -0.4 is 0 Å². The van der Waals surface area contributed by atoms with Gasteiger partial charge in [-0.25, -0.2) is 0 Å². The molecule has 0 aliphatic carbocycles. The van der Waals surface area contributed by atoms with Crippen LogP contribution in [0.2, 0.25) is 0 Å². The van der Waals surface area contributed by atoms with E-state index in [1.54, 1.807) is 0 Å². The zero-order valence-electron chi connectivity index (χ0n) is 15.7. The van der Waals surface area contributed by atoms with Gasteiger partial charge in [0, 0.05) is 0 Å². The molecule has 0 bridgehead atoms. The van der Waals surface area contributed by atoms with Gasteiger partial charge in [-0.2, -0.15) is 55.6 Å². The monoisotopic (exact) mass is 334 g/mol. The zero-order valence-corrected chi connectivity index (χ0v) is 18.7. The van der Waals surface area contributed by atoms with Gasteiger partial charge in [0.05, 0.1) is 0 Å². The Kier molecular flexibility index (Phi) is 7.30. The Morgan fingerprint density at radius 2 is 0.571 bits per heavy atom. The first-order chi connectivity index (χ1) is 9.11. The normalized spacial score (nSPS) is 10.0. The van der Waals surface area contributed by atoms with Crippen molar-refractivity contribution in [3.8, 4) is 0 Å². The van der Waals surface area contributed by atoms with Crippen LogP contribution >= 0.6 is 0 Å². The van der Waals surface area contributed by atoms with Crippen molar-refractivity contribution in [3.05, 3.63) is 55.6 Å². The van der Waals surface area contributed by atoms with Gasteiger partial charge in [0.25, 0.3) is 0 Å². The average Bonchev–Trinajstić information content (AvgIpc) is 2.71. The Bertz CT molecular complexity index is 404. The molecule has 0 nitrogen and oxygen atoms in total. The summed E-state index contributed by atoms with van der Waals surface area (Å²) in [5.74, 6) is 0. The third-order valence-corrected chi connectivity index (χ3v) is 5.62. The van der Waals surface area contributed by atoms with Crippen LogP contribution in [0.25, 0.3) is 0 Å². The molecule has 0 amide bonds. The quantitative estimate of drug-likeness (QED) is 0.416. The van der Waals surface area contributed by atoms with E-state index in [9.17, 15) is 0 Å². The van der Waals surface area contributed by atoms with Gasteiger partial charge in [-0.1, -0.05) is 69.2 Å². The summed E-state index contributed by atoms with van der Waals surface area (Å²) in [6.45, 7) is 22.0. The Balaban J connectivity index is 0.000000364. The van der Waals surface area contributed by atoms with E-state index in [-0.39, 0.29) is 19.5 Å². The maximum Gasteiger partial charge on any atom is 2.00 e. The van der Waals surface area contributed by atoms with E-state index in [2.05, 4.69) is 69.2 Å². The topological polar surface area (TPSA) is 0 Å². The molecule has 0 aromatic heterocycles. The summed E-state index contributed by atoms with van der Waals surface area (Å²) in [6, 6.07) is 0. The van der Waals surface area contributed by atoms with Crippen molar-refractivity contribution in [2.75, 3.05) is 0 Å². The van der Waals surface area contributed by atoms with Crippen molar-refractivity contribution in [3.63, 3.8) is 0 Å². The minimum atomic E-state index is 0.